The summed E-state index contributed by atoms with van der Waals surface area (Å²) in [7, 11) is 3.32. The first kappa shape index (κ1) is 17.6. The summed E-state index contributed by atoms with van der Waals surface area (Å²) < 4.78 is 6.81. The molecule has 0 saturated heterocycles. The molecule has 0 fully saturated rings. The lowest BCUT2D eigenvalue weighted by atomic mass is 10.1. The number of nitrogens with one attached hydrogen (secondary N) is 1. The van der Waals surface area contributed by atoms with Crippen molar-refractivity contribution in [3.63, 3.8) is 0 Å². The number of hydrogen-bond donors (Lipinski definition) is 1. The van der Waals surface area contributed by atoms with E-state index in [9.17, 15) is 10.1 Å². The fraction of sp³-hybridized carbons (Fsp3) is 0.235. The van der Waals surface area contributed by atoms with Crippen LogP contribution in [0.15, 0.2) is 23.8 Å². The van der Waals surface area contributed by atoms with Gasteiger partial charge in [0.25, 0.3) is 5.91 Å². The molecule has 1 N–H and O–H groups in total. The lowest BCUT2D eigenvalue weighted by Crippen LogP contribution is -2.14. The maximum atomic E-state index is 12.4. The number of benzene rings is 1. The molecule has 0 aliphatic rings. The average Bonchev–Trinajstić information content (AvgIpc) is 2.80. The number of aryl methyl sites for hydroxylation is 2. The van der Waals surface area contributed by atoms with E-state index in [0.29, 0.717) is 16.5 Å². The van der Waals surface area contributed by atoms with Gasteiger partial charge in [0.15, 0.2) is 0 Å². The summed E-state index contributed by atoms with van der Waals surface area (Å²) in [6, 6.07) is 6.81. The number of amides is 1. The quantitative estimate of drug-likeness (QED) is 0.682. The van der Waals surface area contributed by atoms with Gasteiger partial charge in [0.1, 0.15) is 17.4 Å². The summed E-state index contributed by atoms with van der Waals surface area (Å²) in [4.78, 5) is 12.4. The molecule has 2 aromatic rings. The molecule has 24 heavy (non-hydrogen) atoms. The Hall–Kier alpha value is -2.78. The summed E-state index contributed by atoms with van der Waals surface area (Å²) in [6.07, 6.45) is 1.53. The average molecular weight is 345 g/mol. The third-order valence-corrected chi connectivity index (χ3v) is 3.97. The van der Waals surface area contributed by atoms with Crippen molar-refractivity contribution in [1.29, 1.82) is 5.26 Å². The number of halogens is 1. The Morgan fingerprint density at radius 3 is 2.71 bits per heavy atom. The van der Waals surface area contributed by atoms with E-state index in [2.05, 4.69) is 10.4 Å². The van der Waals surface area contributed by atoms with Gasteiger partial charge >= 0.3 is 0 Å². The van der Waals surface area contributed by atoms with Gasteiger partial charge in [-0.25, -0.2) is 0 Å². The number of hydrogen-bond acceptors (Lipinski definition) is 4. The van der Waals surface area contributed by atoms with Crippen LogP contribution in [-0.2, 0) is 11.8 Å². The van der Waals surface area contributed by atoms with Gasteiger partial charge in [-0.3, -0.25) is 9.48 Å². The predicted molar refractivity (Wildman–Crippen MR) is 92.9 cm³/mol. The summed E-state index contributed by atoms with van der Waals surface area (Å²) >= 11 is 6.07. The maximum Gasteiger partial charge on any atom is 0.266 e. The number of nitriles is 1. The fourth-order valence-corrected chi connectivity index (χ4v) is 2.37. The molecule has 2 rings (SSSR count). The Balaban J connectivity index is 2.33. The van der Waals surface area contributed by atoms with E-state index in [4.69, 9.17) is 16.3 Å². The Morgan fingerprint density at radius 2 is 2.17 bits per heavy atom. The summed E-state index contributed by atoms with van der Waals surface area (Å²) in [5, 5.41) is 16.6. The van der Waals surface area contributed by atoms with E-state index >= 15 is 0 Å². The Morgan fingerprint density at radius 1 is 1.46 bits per heavy atom. The van der Waals surface area contributed by atoms with Gasteiger partial charge in [-0.2, -0.15) is 10.4 Å². The molecule has 0 atom stereocenters. The molecule has 1 amide bonds. The molecule has 0 saturated carbocycles. The van der Waals surface area contributed by atoms with Crippen LogP contribution in [-0.4, -0.2) is 22.8 Å². The van der Waals surface area contributed by atoms with Crippen LogP contribution < -0.4 is 10.1 Å². The monoisotopic (exact) mass is 344 g/mol. The van der Waals surface area contributed by atoms with Crippen molar-refractivity contribution >= 4 is 29.3 Å². The molecule has 0 spiro atoms. The van der Waals surface area contributed by atoms with Crippen molar-refractivity contribution in [3.8, 4) is 11.8 Å². The SMILES string of the molecule is COc1ccc(Cl)c(NC(=O)/C(C#N)=C/c2c(C)nn(C)c2C)c1. The number of ether oxygens (including phenoxy) is 1. The van der Waals surface area contributed by atoms with Crippen LogP contribution in [0.2, 0.25) is 5.02 Å². The highest BCUT2D eigenvalue weighted by atomic mass is 35.5. The highest BCUT2D eigenvalue weighted by Crippen LogP contribution is 2.27. The molecule has 0 aliphatic carbocycles. The highest BCUT2D eigenvalue weighted by Gasteiger charge is 2.15. The van der Waals surface area contributed by atoms with Crippen molar-refractivity contribution in [1.82, 2.24) is 9.78 Å². The molecule has 1 aromatic heterocycles. The van der Waals surface area contributed by atoms with Gasteiger partial charge in [-0.1, -0.05) is 11.6 Å². The minimum absolute atomic E-state index is 0.0342. The molecule has 0 unspecified atom stereocenters. The van der Waals surface area contributed by atoms with E-state index in [-0.39, 0.29) is 5.57 Å². The van der Waals surface area contributed by atoms with E-state index in [1.54, 1.807) is 22.9 Å². The van der Waals surface area contributed by atoms with Gasteiger partial charge in [0.2, 0.25) is 0 Å². The largest absolute Gasteiger partial charge is 0.497 e. The Bertz CT molecular complexity index is 862. The zero-order valence-corrected chi connectivity index (χ0v) is 14.6. The molecule has 124 valence electrons. The van der Waals surface area contributed by atoms with Gasteiger partial charge in [0.05, 0.1) is 23.5 Å². The van der Waals surface area contributed by atoms with Crippen LogP contribution in [0.5, 0.6) is 5.75 Å². The van der Waals surface area contributed by atoms with Crippen LogP contribution in [0.25, 0.3) is 6.08 Å². The summed E-state index contributed by atoms with van der Waals surface area (Å²) in [5.74, 6) is 0.00596. The van der Waals surface area contributed by atoms with Crippen molar-refractivity contribution < 1.29 is 9.53 Å². The molecular weight excluding hydrogens is 328 g/mol. The number of rotatable bonds is 4. The fourth-order valence-electron chi connectivity index (χ4n) is 2.21. The summed E-state index contributed by atoms with van der Waals surface area (Å²) in [5.41, 5.74) is 2.71. The third-order valence-electron chi connectivity index (χ3n) is 3.64. The van der Waals surface area contributed by atoms with Gasteiger partial charge < -0.3 is 10.1 Å². The molecule has 0 bridgehead atoms. The second-order valence-electron chi connectivity index (χ2n) is 5.18. The van der Waals surface area contributed by atoms with E-state index in [1.165, 1.54) is 13.2 Å². The number of methoxy groups -OCH3 is 1. The standard InChI is InChI=1S/C17H17ClN4O2/c1-10-14(11(2)22(3)21-10)7-12(9-19)17(23)20-16-8-13(24-4)5-6-15(16)18/h5-8H,1-4H3,(H,20,23)/b12-7+. The van der Waals surface area contributed by atoms with Crippen LogP contribution in [0, 0.1) is 25.2 Å². The molecule has 6 nitrogen and oxygen atoms in total. The first-order chi connectivity index (χ1) is 11.4. The number of aromatic nitrogens is 2. The van der Waals surface area contributed by atoms with E-state index in [0.717, 1.165) is 17.0 Å². The van der Waals surface area contributed by atoms with Crippen LogP contribution in [0.1, 0.15) is 17.0 Å². The lowest BCUT2D eigenvalue weighted by molar-refractivity contribution is -0.112. The van der Waals surface area contributed by atoms with E-state index in [1.807, 2.05) is 27.0 Å². The Labute approximate surface area is 145 Å². The second kappa shape index (κ2) is 7.20. The maximum absolute atomic E-state index is 12.4. The van der Waals surface area contributed by atoms with Crippen LogP contribution in [0.4, 0.5) is 5.69 Å². The molecule has 0 radical (unpaired) electrons. The van der Waals surface area contributed by atoms with Crippen molar-refractivity contribution in [2.24, 2.45) is 7.05 Å². The van der Waals surface area contributed by atoms with Crippen LogP contribution in [0.3, 0.4) is 0 Å². The second-order valence-corrected chi connectivity index (χ2v) is 5.59. The van der Waals surface area contributed by atoms with Crippen molar-refractivity contribution in [3.05, 3.63) is 45.7 Å². The Kier molecular flexibility index (Phi) is 5.27. The van der Waals surface area contributed by atoms with Crippen LogP contribution >= 0.6 is 11.6 Å². The van der Waals surface area contributed by atoms with Crippen molar-refractivity contribution in [2.45, 2.75) is 13.8 Å². The first-order valence-electron chi connectivity index (χ1n) is 7.14. The molecule has 1 aromatic carbocycles. The topological polar surface area (TPSA) is 79.9 Å². The highest BCUT2D eigenvalue weighted by molar-refractivity contribution is 6.34. The minimum Gasteiger partial charge on any atom is -0.497 e. The third kappa shape index (κ3) is 3.58. The number of anilines is 1. The smallest absolute Gasteiger partial charge is 0.266 e. The normalized spacial score (nSPS) is 11.1. The minimum atomic E-state index is -0.546. The first-order valence-corrected chi connectivity index (χ1v) is 7.52. The number of carbonyl (C=O) groups is 1. The molecule has 0 aliphatic heterocycles. The molecule has 7 heteroatoms. The number of nitrogens with zero attached hydrogens (tertiary/aromatic N) is 3. The zero-order valence-electron chi connectivity index (χ0n) is 13.8. The number of carbonyl (C=O) groups excluding carboxylic acids is 1. The zero-order chi connectivity index (χ0) is 17.9. The van der Waals surface area contributed by atoms with Gasteiger partial charge in [-0.05, 0) is 32.1 Å². The molecular formula is C17H17ClN4O2. The van der Waals surface area contributed by atoms with Gasteiger partial charge in [0, 0.05) is 24.4 Å². The predicted octanol–water partition coefficient (Wildman–Crippen LogP) is 3.24. The van der Waals surface area contributed by atoms with Gasteiger partial charge in [-0.15, -0.1) is 0 Å². The van der Waals surface area contributed by atoms with E-state index < -0.39 is 5.91 Å². The van der Waals surface area contributed by atoms with Crippen molar-refractivity contribution in [2.75, 3.05) is 12.4 Å². The lowest BCUT2D eigenvalue weighted by Gasteiger charge is -2.08. The summed E-state index contributed by atoms with van der Waals surface area (Å²) in [6.45, 7) is 3.70. The molecule has 1 heterocycles.